The fourth-order valence-electron chi connectivity index (χ4n) is 5.19. The molecule has 0 spiro atoms. The van der Waals surface area contributed by atoms with Crippen LogP contribution in [0.3, 0.4) is 0 Å². The molecule has 0 bridgehead atoms. The number of nitrogens with zero attached hydrogens (tertiary/aromatic N) is 3. The van der Waals surface area contributed by atoms with Gasteiger partial charge in [0, 0.05) is 49.3 Å². The molecule has 0 saturated carbocycles. The zero-order chi connectivity index (χ0) is 34.0. The summed E-state index contributed by atoms with van der Waals surface area (Å²) >= 11 is 1.16. The van der Waals surface area contributed by atoms with Crippen LogP contribution in [0.2, 0.25) is 0 Å². The third-order valence-corrected chi connectivity index (χ3v) is 8.87. The molecule has 246 valence electrons. The van der Waals surface area contributed by atoms with E-state index in [-0.39, 0.29) is 49.0 Å². The molecule has 3 aliphatic rings. The number of β-lactam (4-membered cyclic amide) rings is 1. The number of carbonyl (C=O) groups excluding carboxylic acids is 6. The standard InChI is InChI=1S/C29H28N6O11S/c1-14(36)46-12-16-13-47-27-21(24(40)35(27)22(16)28(43)44)31-23(39)20(15-5-3-2-4-6-15)32-29(45)34-8-7-33(25(41)26(34)42)11-17-9-18(37)19(38)10-30-17/h2-6,9-10,20-21,27,38H,7-8,11-13H2,1H3,(H,30,37)(H,31,39)(H,32,45)(H,43,44)/t20?,21-,27-/m1/s1. The van der Waals surface area contributed by atoms with Crippen LogP contribution >= 0.6 is 11.8 Å². The summed E-state index contributed by atoms with van der Waals surface area (Å²) in [7, 11) is 0. The van der Waals surface area contributed by atoms with Crippen LogP contribution in [-0.4, -0.2) is 108 Å². The van der Waals surface area contributed by atoms with Crippen molar-refractivity contribution in [2.45, 2.75) is 30.9 Å². The number of thioether (sulfide) groups is 1. The molecule has 0 aliphatic carbocycles. The highest BCUT2D eigenvalue weighted by atomic mass is 32.2. The van der Waals surface area contributed by atoms with Gasteiger partial charge in [-0.05, 0) is 5.56 Å². The number of hydrogen-bond acceptors (Lipinski definition) is 11. The van der Waals surface area contributed by atoms with Gasteiger partial charge in [0.2, 0.25) is 11.3 Å². The highest BCUT2D eigenvalue weighted by Gasteiger charge is 2.54. The molecule has 2 aromatic rings. The minimum absolute atomic E-state index is 0.0900. The maximum atomic E-state index is 13.6. The van der Waals surface area contributed by atoms with Gasteiger partial charge in [-0.2, -0.15) is 0 Å². The van der Waals surface area contributed by atoms with Crippen molar-refractivity contribution < 1.29 is 48.5 Å². The zero-order valence-corrected chi connectivity index (χ0v) is 25.4. The van der Waals surface area contributed by atoms with Crippen LogP contribution in [0.1, 0.15) is 24.2 Å². The first-order chi connectivity index (χ1) is 22.4. The molecule has 47 heavy (non-hydrogen) atoms. The third-order valence-electron chi connectivity index (χ3n) is 7.53. The number of aromatic hydroxyl groups is 1. The number of aromatic amines is 1. The van der Waals surface area contributed by atoms with Crippen molar-refractivity contribution in [3.63, 3.8) is 0 Å². The largest absolute Gasteiger partial charge is 0.503 e. The molecular formula is C29H28N6O11S. The number of ether oxygens (including phenoxy) is 1. The van der Waals surface area contributed by atoms with Crippen molar-refractivity contribution in [2.75, 3.05) is 25.4 Å². The van der Waals surface area contributed by atoms with Crippen molar-refractivity contribution in [3.8, 4) is 5.75 Å². The van der Waals surface area contributed by atoms with Gasteiger partial charge in [0.25, 0.3) is 5.91 Å². The quantitative estimate of drug-likeness (QED) is 0.123. The molecule has 17 nitrogen and oxygen atoms in total. The average Bonchev–Trinajstić information content (AvgIpc) is 3.04. The van der Waals surface area contributed by atoms with E-state index in [0.717, 1.165) is 33.8 Å². The number of hydrogen-bond donors (Lipinski definition) is 5. The molecule has 2 fully saturated rings. The van der Waals surface area contributed by atoms with Gasteiger partial charge in [-0.3, -0.25) is 38.6 Å². The number of esters is 1. The number of amides is 6. The molecule has 18 heteroatoms. The van der Waals surface area contributed by atoms with E-state index >= 15 is 0 Å². The van der Waals surface area contributed by atoms with Gasteiger partial charge < -0.3 is 35.5 Å². The molecule has 1 aromatic heterocycles. The fraction of sp³-hybridized carbons (Fsp3) is 0.310. The summed E-state index contributed by atoms with van der Waals surface area (Å²) in [6, 6.07) is 5.39. The van der Waals surface area contributed by atoms with Crippen LogP contribution in [0.5, 0.6) is 5.75 Å². The molecule has 1 aromatic carbocycles. The van der Waals surface area contributed by atoms with Crippen LogP contribution in [0, 0.1) is 0 Å². The normalized spacial score (nSPS) is 19.9. The van der Waals surface area contributed by atoms with E-state index in [1.807, 2.05) is 0 Å². The average molecular weight is 669 g/mol. The van der Waals surface area contributed by atoms with Crippen LogP contribution in [-0.2, 0) is 40.0 Å². The summed E-state index contributed by atoms with van der Waals surface area (Å²) in [6.07, 6.45) is 1.05. The Morgan fingerprint density at radius 3 is 2.47 bits per heavy atom. The molecular weight excluding hydrogens is 640 g/mol. The van der Waals surface area contributed by atoms with E-state index in [2.05, 4.69) is 15.6 Å². The van der Waals surface area contributed by atoms with Gasteiger partial charge in [-0.25, -0.2) is 9.59 Å². The van der Waals surface area contributed by atoms with Crippen LogP contribution in [0.4, 0.5) is 4.79 Å². The summed E-state index contributed by atoms with van der Waals surface area (Å²) in [6.45, 7) is 0.356. The molecule has 5 rings (SSSR count). The number of pyridine rings is 1. The van der Waals surface area contributed by atoms with E-state index in [0.29, 0.717) is 10.5 Å². The summed E-state index contributed by atoms with van der Waals surface area (Å²) in [5, 5.41) is 23.4. The van der Waals surface area contributed by atoms with Crippen LogP contribution in [0.25, 0.3) is 0 Å². The molecule has 3 atom stereocenters. The van der Waals surface area contributed by atoms with Crippen molar-refractivity contribution in [2.24, 2.45) is 0 Å². The van der Waals surface area contributed by atoms with Gasteiger partial charge in [-0.15, -0.1) is 11.8 Å². The van der Waals surface area contributed by atoms with Gasteiger partial charge in [0.15, 0.2) is 5.75 Å². The Morgan fingerprint density at radius 2 is 1.81 bits per heavy atom. The molecule has 0 radical (unpaired) electrons. The number of H-pyrrole nitrogens is 1. The topological polar surface area (TPSA) is 236 Å². The maximum Gasteiger partial charge on any atom is 0.352 e. The number of aromatic nitrogens is 1. The molecule has 6 amide bonds. The Kier molecular flexibility index (Phi) is 9.31. The monoisotopic (exact) mass is 668 g/mol. The highest BCUT2D eigenvalue weighted by molar-refractivity contribution is 8.00. The Balaban J connectivity index is 1.28. The first kappa shape index (κ1) is 32.7. The van der Waals surface area contributed by atoms with E-state index < -0.39 is 70.2 Å². The molecule has 3 aliphatic heterocycles. The lowest BCUT2D eigenvalue weighted by Crippen LogP contribution is -2.71. The number of benzene rings is 1. The lowest BCUT2D eigenvalue weighted by Gasteiger charge is -2.49. The van der Waals surface area contributed by atoms with Gasteiger partial charge >= 0.3 is 29.8 Å². The third kappa shape index (κ3) is 6.67. The minimum Gasteiger partial charge on any atom is -0.503 e. The number of piperazine rings is 1. The second kappa shape index (κ2) is 13.4. The fourth-order valence-corrected chi connectivity index (χ4v) is 6.52. The number of imide groups is 1. The second-order valence-electron chi connectivity index (χ2n) is 10.6. The number of aliphatic carboxylic acids is 1. The number of nitrogens with one attached hydrogen (secondary N) is 3. The van der Waals surface area contributed by atoms with E-state index in [9.17, 15) is 48.6 Å². The Labute approximate surface area is 269 Å². The van der Waals surface area contributed by atoms with Crippen molar-refractivity contribution in [1.29, 1.82) is 0 Å². The Bertz CT molecular complexity index is 1760. The van der Waals surface area contributed by atoms with E-state index in [1.54, 1.807) is 18.2 Å². The molecule has 1 unspecified atom stereocenters. The van der Waals surface area contributed by atoms with Crippen LogP contribution < -0.4 is 16.1 Å². The van der Waals surface area contributed by atoms with Gasteiger partial charge in [-0.1, -0.05) is 30.3 Å². The predicted octanol–water partition coefficient (Wildman–Crippen LogP) is -0.996. The number of urea groups is 1. The van der Waals surface area contributed by atoms with E-state index in [4.69, 9.17) is 4.74 Å². The lowest BCUT2D eigenvalue weighted by molar-refractivity contribution is -0.154. The predicted molar refractivity (Wildman–Crippen MR) is 160 cm³/mol. The first-order valence-corrected chi connectivity index (χ1v) is 15.1. The smallest absolute Gasteiger partial charge is 0.352 e. The zero-order valence-electron chi connectivity index (χ0n) is 24.6. The molecule has 2 saturated heterocycles. The highest BCUT2D eigenvalue weighted by Crippen LogP contribution is 2.40. The minimum atomic E-state index is -1.42. The van der Waals surface area contributed by atoms with Crippen molar-refractivity contribution in [3.05, 3.63) is 75.3 Å². The van der Waals surface area contributed by atoms with Crippen molar-refractivity contribution >= 4 is 53.4 Å². The number of fused-ring (bicyclic) bond motifs is 1. The van der Waals surface area contributed by atoms with Gasteiger partial charge in [0.1, 0.15) is 29.8 Å². The lowest BCUT2D eigenvalue weighted by atomic mass is 10.0. The van der Waals surface area contributed by atoms with Crippen LogP contribution in [0.15, 0.2) is 58.7 Å². The number of rotatable bonds is 9. The molecule has 5 N–H and O–H groups in total. The Morgan fingerprint density at radius 1 is 1.09 bits per heavy atom. The summed E-state index contributed by atoms with van der Waals surface area (Å²) in [4.78, 5) is 106. The van der Waals surface area contributed by atoms with E-state index in [1.165, 1.54) is 19.1 Å². The second-order valence-corrected chi connectivity index (χ2v) is 11.7. The van der Waals surface area contributed by atoms with Crippen molar-refractivity contribution in [1.82, 2.24) is 30.3 Å². The maximum absolute atomic E-state index is 13.6. The molecule has 4 heterocycles. The number of carboxylic acid groups (broad SMARTS) is 1. The number of carbonyl (C=O) groups is 7. The summed E-state index contributed by atoms with van der Waals surface area (Å²) in [5.41, 5.74) is -0.252. The summed E-state index contributed by atoms with van der Waals surface area (Å²) in [5.74, 6) is -6.20. The van der Waals surface area contributed by atoms with Gasteiger partial charge in [0.05, 0.1) is 6.54 Å². The summed E-state index contributed by atoms with van der Waals surface area (Å²) < 4.78 is 4.92. The first-order valence-electron chi connectivity index (χ1n) is 14.1. The SMILES string of the molecule is CC(=O)OCC1=C(C(=O)O)N2C(=O)[C@@H](NC(=O)C(NC(=O)N3CCN(Cc4cc(=O)c(O)c[nH]4)C(=O)C3=O)c3ccccc3)[C@H]2SC1. The Hall–Kier alpha value is -5.65. The number of carboxylic acids is 1.